The number of carbonyl (C=O) groups is 3. The number of ether oxygens (including phenoxy) is 2. The summed E-state index contributed by atoms with van der Waals surface area (Å²) in [6.45, 7) is 1.70. The van der Waals surface area contributed by atoms with Gasteiger partial charge in [-0.25, -0.2) is 0 Å². The summed E-state index contributed by atoms with van der Waals surface area (Å²) in [4.78, 5) is 34.9. The zero-order valence-electron chi connectivity index (χ0n) is 16.0. The lowest BCUT2D eigenvalue weighted by molar-refractivity contribution is -0.136. The van der Waals surface area contributed by atoms with Gasteiger partial charge in [0.2, 0.25) is 5.91 Å². The molecule has 2 aromatic rings. The van der Waals surface area contributed by atoms with Crippen LogP contribution in [0.1, 0.15) is 12.5 Å². The normalized spacial score (nSPS) is 9.96. The molecule has 0 aliphatic carbocycles. The van der Waals surface area contributed by atoms with Crippen LogP contribution in [-0.2, 0) is 20.8 Å². The minimum atomic E-state index is -0.764. The lowest BCUT2D eigenvalue weighted by Crippen LogP contribution is -2.36. The second-order valence-electron chi connectivity index (χ2n) is 5.91. The first kappa shape index (κ1) is 20.8. The van der Waals surface area contributed by atoms with Crippen LogP contribution < -0.4 is 25.4 Å². The summed E-state index contributed by atoms with van der Waals surface area (Å²) in [5.41, 5.74) is 1.99. The second-order valence-corrected chi connectivity index (χ2v) is 5.91. The summed E-state index contributed by atoms with van der Waals surface area (Å²) in [6, 6.07) is 11.9. The summed E-state index contributed by atoms with van der Waals surface area (Å²) >= 11 is 0. The molecule has 0 aliphatic heterocycles. The van der Waals surface area contributed by atoms with Crippen molar-refractivity contribution in [2.24, 2.45) is 0 Å². The van der Waals surface area contributed by atoms with E-state index in [0.29, 0.717) is 35.8 Å². The predicted octanol–water partition coefficient (Wildman–Crippen LogP) is 1.96. The fourth-order valence-corrected chi connectivity index (χ4v) is 2.46. The molecule has 0 bridgehead atoms. The molecule has 0 atom stereocenters. The number of methoxy groups -OCH3 is 2. The van der Waals surface area contributed by atoms with Crippen molar-refractivity contribution in [2.75, 3.05) is 31.4 Å². The molecule has 0 aliphatic rings. The van der Waals surface area contributed by atoms with Crippen molar-refractivity contribution in [2.45, 2.75) is 13.3 Å². The highest BCUT2D eigenvalue weighted by atomic mass is 16.5. The van der Waals surface area contributed by atoms with E-state index in [1.54, 1.807) is 44.6 Å². The van der Waals surface area contributed by atoms with Crippen LogP contribution in [0.5, 0.6) is 11.5 Å². The lowest BCUT2D eigenvalue weighted by atomic mass is 10.1. The first-order chi connectivity index (χ1) is 13.4. The number of carbonyl (C=O) groups excluding carboxylic acids is 3. The molecule has 2 rings (SSSR count). The van der Waals surface area contributed by atoms with E-state index < -0.39 is 11.8 Å². The number of anilines is 2. The Hall–Kier alpha value is -3.55. The molecule has 0 fully saturated rings. The Balaban J connectivity index is 1.82. The SMILES string of the molecule is COc1ccc(CCNC(=O)C(=O)Nc2ccc(NC(C)=O)cc2)cc1OC. The number of amides is 3. The molecule has 0 unspecified atom stereocenters. The number of nitrogens with one attached hydrogen (secondary N) is 3. The van der Waals surface area contributed by atoms with E-state index in [9.17, 15) is 14.4 Å². The van der Waals surface area contributed by atoms with Gasteiger partial charge in [-0.05, 0) is 48.4 Å². The van der Waals surface area contributed by atoms with Crippen molar-refractivity contribution in [3.63, 3.8) is 0 Å². The number of rotatable bonds is 7. The van der Waals surface area contributed by atoms with Gasteiger partial charge in [-0.3, -0.25) is 14.4 Å². The summed E-state index contributed by atoms with van der Waals surface area (Å²) in [7, 11) is 3.11. The van der Waals surface area contributed by atoms with E-state index in [4.69, 9.17) is 9.47 Å². The summed E-state index contributed by atoms with van der Waals surface area (Å²) < 4.78 is 10.4. The Morgan fingerprint density at radius 3 is 2.00 bits per heavy atom. The van der Waals surface area contributed by atoms with Crippen molar-refractivity contribution in [3.8, 4) is 11.5 Å². The fraction of sp³-hybridized carbons (Fsp3) is 0.250. The number of hydrogen-bond acceptors (Lipinski definition) is 5. The molecule has 3 amide bonds. The molecule has 148 valence electrons. The second kappa shape index (κ2) is 9.96. The van der Waals surface area contributed by atoms with Gasteiger partial charge in [0.25, 0.3) is 0 Å². The van der Waals surface area contributed by atoms with Crippen LogP contribution in [0.4, 0.5) is 11.4 Å². The van der Waals surface area contributed by atoms with E-state index in [1.165, 1.54) is 6.92 Å². The highest BCUT2D eigenvalue weighted by Crippen LogP contribution is 2.27. The molecule has 8 heteroatoms. The zero-order chi connectivity index (χ0) is 20.5. The first-order valence-corrected chi connectivity index (χ1v) is 8.60. The molecule has 0 saturated carbocycles. The number of hydrogen-bond donors (Lipinski definition) is 3. The smallest absolute Gasteiger partial charge is 0.313 e. The highest BCUT2D eigenvalue weighted by Gasteiger charge is 2.13. The monoisotopic (exact) mass is 385 g/mol. The van der Waals surface area contributed by atoms with Crippen molar-refractivity contribution in [1.29, 1.82) is 0 Å². The summed E-state index contributed by atoms with van der Waals surface area (Å²) in [5.74, 6) is -0.456. The van der Waals surface area contributed by atoms with Gasteiger partial charge in [0, 0.05) is 24.8 Å². The fourth-order valence-electron chi connectivity index (χ4n) is 2.46. The van der Waals surface area contributed by atoms with Crippen molar-refractivity contribution >= 4 is 29.1 Å². The van der Waals surface area contributed by atoms with Crippen molar-refractivity contribution in [3.05, 3.63) is 48.0 Å². The van der Waals surface area contributed by atoms with E-state index in [-0.39, 0.29) is 5.91 Å². The van der Waals surface area contributed by atoms with Gasteiger partial charge in [0.05, 0.1) is 14.2 Å². The van der Waals surface area contributed by atoms with Gasteiger partial charge in [-0.1, -0.05) is 6.07 Å². The van der Waals surface area contributed by atoms with Crippen LogP contribution in [0.15, 0.2) is 42.5 Å². The average Bonchev–Trinajstić information content (AvgIpc) is 2.68. The molecule has 3 N–H and O–H groups in total. The van der Waals surface area contributed by atoms with Crippen LogP contribution in [0.2, 0.25) is 0 Å². The van der Waals surface area contributed by atoms with Gasteiger partial charge in [-0.15, -0.1) is 0 Å². The van der Waals surface area contributed by atoms with Crippen LogP contribution in [0, 0.1) is 0 Å². The molecule has 28 heavy (non-hydrogen) atoms. The largest absolute Gasteiger partial charge is 0.493 e. The van der Waals surface area contributed by atoms with Crippen LogP contribution in [0.25, 0.3) is 0 Å². The van der Waals surface area contributed by atoms with Crippen LogP contribution in [-0.4, -0.2) is 38.5 Å². The molecule has 0 aromatic heterocycles. The Labute approximate surface area is 163 Å². The molecule has 2 aromatic carbocycles. The van der Waals surface area contributed by atoms with E-state index >= 15 is 0 Å². The predicted molar refractivity (Wildman–Crippen MR) is 106 cm³/mol. The van der Waals surface area contributed by atoms with Crippen molar-refractivity contribution in [1.82, 2.24) is 5.32 Å². The summed E-state index contributed by atoms with van der Waals surface area (Å²) in [5, 5.41) is 7.70. The third-order valence-corrected chi connectivity index (χ3v) is 3.82. The van der Waals surface area contributed by atoms with E-state index in [1.807, 2.05) is 12.1 Å². The van der Waals surface area contributed by atoms with Gasteiger partial charge < -0.3 is 25.4 Å². The lowest BCUT2D eigenvalue weighted by Gasteiger charge is -2.10. The van der Waals surface area contributed by atoms with Gasteiger partial charge in [0.15, 0.2) is 11.5 Å². The molecule has 8 nitrogen and oxygen atoms in total. The standard InChI is InChI=1S/C20H23N3O5/c1-13(24)22-15-5-7-16(8-6-15)23-20(26)19(25)21-11-10-14-4-9-17(27-2)18(12-14)28-3/h4-9,12H,10-11H2,1-3H3,(H,21,25)(H,22,24)(H,23,26). The van der Waals surface area contributed by atoms with Crippen LogP contribution in [0.3, 0.4) is 0 Å². The quantitative estimate of drug-likeness (QED) is 0.632. The average molecular weight is 385 g/mol. The van der Waals surface area contributed by atoms with Gasteiger partial charge in [0.1, 0.15) is 0 Å². The van der Waals surface area contributed by atoms with Crippen LogP contribution >= 0.6 is 0 Å². The first-order valence-electron chi connectivity index (χ1n) is 8.60. The van der Waals surface area contributed by atoms with Gasteiger partial charge in [-0.2, -0.15) is 0 Å². The topological polar surface area (TPSA) is 106 Å². The third kappa shape index (κ3) is 6.01. The summed E-state index contributed by atoms with van der Waals surface area (Å²) in [6.07, 6.45) is 0.533. The zero-order valence-corrected chi connectivity index (χ0v) is 16.0. The molecule has 0 spiro atoms. The van der Waals surface area contributed by atoms with E-state index in [0.717, 1.165) is 5.56 Å². The highest BCUT2D eigenvalue weighted by molar-refractivity contribution is 6.39. The molecular formula is C20H23N3O5. The third-order valence-electron chi connectivity index (χ3n) is 3.82. The Kier molecular flexibility index (Phi) is 7.38. The number of benzene rings is 2. The Morgan fingerprint density at radius 1 is 0.821 bits per heavy atom. The van der Waals surface area contributed by atoms with E-state index in [2.05, 4.69) is 16.0 Å². The maximum absolute atomic E-state index is 12.0. The molecule has 0 radical (unpaired) electrons. The molecule has 0 saturated heterocycles. The Morgan fingerprint density at radius 2 is 1.43 bits per heavy atom. The molecule has 0 heterocycles. The Bertz CT molecular complexity index is 849. The minimum absolute atomic E-state index is 0.189. The van der Waals surface area contributed by atoms with Gasteiger partial charge >= 0.3 is 11.8 Å². The molecular weight excluding hydrogens is 362 g/mol. The van der Waals surface area contributed by atoms with Crippen molar-refractivity contribution < 1.29 is 23.9 Å². The maximum Gasteiger partial charge on any atom is 0.313 e. The minimum Gasteiger partial charge on any atom is -0.493 e. The maximum atomic E-state index is 12.0.